The van der Waals surface area contributed by atoms with Gasteiger partial charge in [0.25, 0.3) is 11.7 Å². The summed E-state index contributed by atoms with van der Waals surface area (Å²) in [5.74, 6) is -0.677. The number of nitrogens with zero attached hydrogens (tertiary/aromatic N) is 1. The molecule has 3 aromatic carbocycles. The van der Waals surface area contributed by atoms with Crippen LogP contribution in [0.15, 0.2) is 95.1 Å². The summed E-state index contributed by atoms with van der Waals surface area (Å²) in [5, 5.41) is 11.4. The molecule has 1 atom stereocenters. The monoisotopic (exact) mass is 493 g/mol. The SMILES string of the molecule is Cc1cc(/C(O)=C2/C(=O)C(=O)N(c3cccc(C)c3C)C2c2ccco2)ccc1OCc1ccccc1. The molecule has 4 aromatic rings. The predicted molar refractivity (Wildman–Crippen MR) is 141 cm³/mol. The minimum Gasteiger partial charge on any atom is -0.507 e. The number of amides is 1. The molecule has 37 heavy (non-hydrogen) atoms. The number of carbonyl (C=O) groups is 2. The van der Waals surface area contributed by atoms with Crippen LogP contribution in [0.1, 0.15) is 39.6 Å². The van der Waals surface area contributed by atoms with E-state index in [4.69, 9.17) is 9.15 Å². The van der Waals surface area contributed by atoms with E-state index in [1.54, 1.807) is 36.4 Å². The van der Waals surface area contributed by atoms with Crippen molar-refractivity contribution in [2.24, 2.45) is 0 Å². The Balaban J connectivity index is 1.55. The molecule has 0 aliphatic carbocycles. The minimum atomic E-state index is -0.898. The average Bonchev–Trinajstić information content (AvgIpc) is 3.52. The second-order valence-electron chi connectivity index (χ2n) is 9.16. The first-order chi connectivity index (χ1) is 17.9. The third kappa shape index (κ3) is 4.42. The van der Waals surface area contributed by atoms with Crippen molar-refractivity contribution in [2.45, 2.75) is 33.4 Å². The molecule has 1 amide bonds. The van der Waals surface area contributed by atoms with E-state index in [0.717, 1.165) is 22.3 Å². The number of aryl methyl sites for hydroxylation is 2. The van der Waals surface area contributed by atoms with Gasteiger partial charge in [-0.15, -0.1) is 0 Å². The summed E-state index contributed by atoms with van der Waals surface area (Å²) in [5.41, 5.74) is 4.69. The summed E-state index contributed by atoms with van der Waals surface area (Å²) >= 11 is 0. The number of hydrogen-bond donors (Lipinski definition) is 1. The number of hydrogen-bond acceptors (Lipinski definition) is 5. The quantitative estimate of drug-likeness (QED) is 0.191. The largest absolute Gasteiger partial charge is 0.507 e. The molecule has 1 fully saturated rings. The number of benzene rings is 3. The average molecular weight is 494 g/mol. The van der Waals surface area contributed by atoms with E-state index < -0.39 is 17.7 Å². The van der Waals surface area contributed by atoms with Crippen LogP contribution in [0.25, 0.3) is 5.76 Å². The van der Waals surface area contributed by atoms with E-state index in [2.05, 4.69) is 0 Å². The number of ketones is 1. The number of carbonyl (C=O) groups excluding carboxylic acids is 2. The number of ether oxygens (including phenoxy) is 1. The second kappa shape index (κ2) is 9.82. The molecule has 1 saturated heterocycles. The van der Waals surface area contributed by atoms with Crippen LogP contribution in [0.4, 0.5) is 5.69 Å². The molecule has 1 aliphatic heterocycles. The highest BCUT2D eigenvalue weighted by atomic mass is 16.5. The second-order valence-corrected chi connectivity index (χ2v) is 9.16. The van der Waals surface area contributed by atoms with Gasteiger partial charge in [-0.05, 0) is 79.4 Å². The van der Waals surface area contributed by atoms with Crippen molar-refractivity contribution in [3.05, 3.63) is 124 Å². The number of Topliss-reactive ketones (excluding diaryl/α,β-unsaturated/α-hetero) is 1. The Labute approximate surface area is 215 Å². The molecule has 6 nitrogen and oxygen atoms in total. The summed E-state index contributed by atoms with van der Waals surface area (Å²) in [6.07, 6.45) is 1.49. The highest BCUT2D eigenvalue weighted by molar-refractivity contribution is 6.51. The smallest absolute Gasteiger partial charge is 0.300 e. The number of aliphatic hydroxyl groups is 1. The lowest BCUT2D eigenvalue weighted by atomic mass is 9.97. The van der Waals surface area contributed by atoms with Crippen LogP contribution in [-0.4, -0.2) is 16.8 Å². The number of anilines is 1. The topological polar surface area (TPSA) is 80.0 Å². The number of furan rings is 1. The van der Waals surface area contributed by atoms with Crippen LogP contribution in [0.3, 0.4) is 0 Å². The zero-order valence-corrected chi connectivity index (χ0v) is 20.9. The summed E-state index contributed by atoms with van der Waals surface area (Å²) in [7, 11) is 0. The molecule has 0 radical (unpaired) electrons. The van der Waals surface area contributed by atoms with Gasteiger partial charge in [0, 0.05) is 11.3 Å². The van der Waals surface area contributed by atoms with Gasteiger partial charge in [0.05, 0.1) is 11.8 Å². The van der Waals surface area contributed by atoms with Crippen LogP contribution in [0.5, 0.6) is 5.75 Å². The van der Waals surface area contributed by atoms with Gasteiger partial charge in [-0.25, -0.2) is 0 Å². The van der Waals surface area contributed by atoms with Crippen molar-refractivity contribution in [3.63, 3.8) is 0 Å². The van der Waals surface area contributed by atoms with Gasteiger partial charge in [-0.3, -0.25) is 14.5 Å². The molecule has 2 heterocycles. The Morgan fingerprint density at radius 2 is 1.70 bits per heavy atom. The molecule has 1 aromatic heterocycles. The molecule has 5 rings (SSSR count). The fourth-order valence-electron chi connectivity index (χ4n) is 4.64. The number of rotatable bonds is 6. The van der Waals surface area contributed by atoms with Crippen molar-refractivity contribution < 1.29 is 23.8 Å². The first kappa shape index (κ1) is 24.1. The van der Waals surface area contributed by atoms with Crippen molar-refractivity contribution in [3.8, 4) is 5.75 Å². The fourth-order valence-corrected chi connectivity index (χ4v) is 4.64. The van der Waals surface area contributed by atoms with E-state index in [1.165, 1.54) is 11.2 Å². The Hall–Kier alpha value is -4.58. The van der Waals surface area contributed by atoms with E-state index in [-0.39, 0.29) is 11.3 Å². The van der Waals surface area contributed by atoms with Crippen LogP contribution in [0.2, 0.25) is 0 Å². The Kier molecular flexibility index (Phi) is 6.40. The van der Waals surface area contributed by atoms with Crippen molar-refractivity contribution in [1.29, 1.82) is 0 Å². The lowest BCUT2D eigenvalue weighted by Crippen LogP contribution is -2.30. The lowest BCUT2D eigenvalue weighted by molar-refractivity contribution is -0.132. The van der Waals surface area contributed by atoms with Gasteiger partial charge in [0.15, 0.2) is 0 Å². The molecule has 1 aliphatic rings. The van der Waals surface area contributed by atoms with Crippen molar-refractivity contribution >= 4 is 23.1 Å². The van der Waals surface area contributed by atoms with Crippen molar-refractivity contribution in [2.75, 3.05) is 4.90 Å². The van der Waals surface area contributed by atoms with Gasteiger partial charge in [0.2, 0.25) is 0 Å². The van der Waals surface area contributed by atoms with E-state index in [1.807, 2.05) is 63.2 Å². The summed E-state index contributed by atoms with van der Waals surface area (Å²) in [6, 6.07) is 23.1. The molecule has 0 spiro atoms. The van der Waals surface area contributed by atoms with Crippen molar-refractivity contribution in [1.82, 2.24) is 0 Å². The third-order valence-electron chi connectivity index (χ3n) is 6.78. The van der Waals surface area contributed by atoms with Gasteiger partial charge in [-0.2, -0.15) is 0 Å². The van der Waals surface area contributed by atoms with Gasteiger partial charge in [0.1, 0.15) is 29.9 Å². The fraction of sp³-hybridized carbons (Fsp3) is 0.161. The maximum Gasteiger partial charge on any atom is 0.300 e. The van der Waals surface area contributed by atoms with Gasteiger partial charge >= 0.3 is 0 Å². The van der Waals surface area contributed by atoms with E-state index in [0.29, 0.717) is 29.4 Å². The molecule has 1 N–H and O–H groups in total. The molecular weight excluding hydrogens is 466 g/mol. The van der Waals surface area contributed by atoms with Gasteiger partial charge in [-0.1, -0.05) is 42.5 Å². The maximum absolute atomic E-state index is 13.3. The Bertz CT molecular complexity index is 1500. The first-order valence-corrected chi connectivity index (χ1v) is 12.0. The summed E-state index contributed by atoms with van der Waals surface area (Å²) in [4.78, 5) is 28.1. The zero-order chi connectivity index (χ0) is 26.1. The van der Waals surface area contributed by atoms with Crippen LogP contribution < -0.4 is 9.64 Å². The van der Waals surface area contributed by atoms with E-state index in [9.17, 15) is 14.7 Å². The molecular formula is C31H27NO5. The molecule has 0 saturated carbocycles. The lowest BCUT2D eigenvalue weighted by Gasteiger charge is -2.25. The maximum atomic E-state index is 13.3. The Morgan fingerprint density at radius 1 is 0.919 bits per heavy atom. The normalized spacial score (nSPS) is 16.8. The highest BCUT2D eigenvalue weighted by Crippen LogP contribution is 2.43. The number of aliphatic hydroxyl groups excluding tert-OH is 1. The van der Waals surface area contributed by atoms with Gasteiger partial charge < -0.3 is 14.3 Å². The first-order valence-electron chi connectivity index (χ1n) is 12.0. The molecule has 1 unspecified atom stereocenters. The molecule has 6 heteroatoms. The minimum absolute atomic E-state index is 0.0155. The highest BCUT2D eigenvalue weighted by Gasteiger charge is 2.48. The standard InChI is InChI=1S/C31H27NO5/c1-19-9-7-12-24(21(19)3)32-28(26-13-8-16-36-26)27(30(34)31(32)35)29(33)23-14-15-25(20(2)17-23)37-18-22-10-5-4-6-11-22/h4-17,28,33H,18H2,1-3H3/b29-27-. The predicted octanol–water partition coefficient (Wildman–Crippen LogP) is 6.41. The molecule has 186 valence electrons. The van der Waals surface area contributed by atoms with Crippen LogP contribution in [-0.2, 0) is 16.2 Å². The van der Waals surface area contributed by atoms with Crippen LogP contribution in [0, 0.1) is 20.8 Å². The zero-order valence-electron chi connectivity index (χ0n) is 20.9. The summed E-state index contributed by atoms with van der Waals surface area (Å²) in [6.45, 7) is 6.13. The molecule has 0 bridgehead atoms. The summed E-state index contributed by atoms with van der Waals surface area (Å²) < 4.78 is 11.6. The Morgan fingerprint density at radius 3 is 2.41 bits per heavy atom. The van der Waals surface area contributed by atoms with E-state index >= 15 is 0 Å². The third-order valence-corrected chi connectivity index (χ3v) is 6.78. The van der Waals surface area contributed by atoms with Crippen LogP contribution >= 0.6 is 0 Å².